The predicted molar refractivity (Wildman–Crippen MR) is 127 cm³/mol. The van der Waals surface area contributed by atoms with Crippen LogP contribution in [0.4, 0.5) is 5.69 Å². The van der Waals surface area contributed by atoms with Gasteiger partial charge in [-0.05, 0) is 88.6 Å². The molecule has 31 heavy (non-hydrogen) atoms. The summed E-state index contributed by atoms with van der Waals surface area (Å²) in [5, 5.41) is 3.10. The quantitative estimate of drug-likeness (QED) is 0.488. The van der Waals surface area contributed by atoms with E-state index in [9.17, 15) is 4.79 Å². The van der Waals surface area contributed by atoms with Crippen molar-refractivity contribution in [2.75, 3.05) is 31.6 Å². The molecule has 1 aromatic carbocycles. The van der Waals surface area contributed by atoms with Gasteiger partial charge in [-0.3, -0.25) is 4.79 Å². The molecule has 0 spiro atoms. The van der Waals surface area contributed by atoms with E-state index in [0.29, 0.717) is 18.6 Å². The van der Waals surface area contributed by atoms with Gasteiger partial charge in [-0.25, -0.2) is 0 Å². The average Bonchev–Trinajstić information content (AvgIpc) is 2.77. The number of benzene rings is 1. The number of rotatable bonds is 10. The Kier molecular flexibility index (Phi) is 9.21. The van der Waals surface area contributed by atoms with Crippen molar-refractivity contribution < 1.29 is 14.3 Å². The fourth-order valence-electron chi connectivity index (χ4n) is 5.03. The van der Waals surface area contributed by atoms with Crippen LogP contribution < -0.4 is 10.1 Å². The number of hydrogen-bond donors (Lipinski definition) is 1. The van der Waals surface area contributed by atoms with E-state index in [2.05, 4.69) is 31.0 Å². The third kappa shape index (κ3) is 6.95. The summed E-state index contributed by atoms with van der Waals surface area (Å²) in [5.74, 6) is 1.37. The Morgan fingerprint density at radius 3 is 2.65 bits per heavy atom. The third-order valence-electron chi connectivity index (χ3n) is 6.86. The Morgan fingerprint density at radius 2 is 1.94 bits per heavy atom. The summed E-state index contributed by atoms with van der Waals surface area (Å²) in [6.45, 7) is 10.3. The van der Waals surface area contributed by atoms with Gasteiger partial charge < -0.3 is 19.7 Å². The zero-order valence-electron chi connectivity index (χ0n) is 19.8. The number of hydrogen-bond acceptors (Lipinski definition) is 4. The molecule has 174 valence electrons. The Morgan fingerprint density at radius 1 is 1.13 bits per heavy atom. The number of nitrogens with zero attached hydrogens (tertiary/aromatic N) is 1. The highest BCUT2D eigenvalue weighted by Gasteiger charge is 2.42. The molecule has 1 saturated carbocycles. The number of anilines is 1. The Bertz CT molecular complexity index is 678. The van der Waals surface area contributed by atoms with Crippen LogP contribution in [0.25, 0.3) is 0 Å². The lowest BCUT2D eigenvalue weighted by molar-refractivity contribution is -0.148. The second-order valence-corrected chi connectivity index (χ2v) is 9.61. The van der Waals surface area contributed by atoms with Crippen LogP contribution >= 0.6 is 0 Å². The van der Waals surface area contributed by atoms with Crippen LogP contribution in [-0.4, -0.2) is 48.8 Å². The lowest BCUT2D eigenvalue weighted by Crippen LogP contribution is -2.48. The minimum atomic E-state index is -0.686. The number of amides is 1. The minimum Gasteiger partial charge on any atom is -0.494 e. The van der Waals surface area contributed by atoms with Crippen molar-refractivity contribution in [3.63, 3.8) is 0 Å². The molecule has 1 N–H and O–H groups in total. The first kappa shape index (κ1) is 24.1. The van der Waals surface area contributed by atoms with E-state index in [4.69, 9.17) is 9.47 Å². The topological polar surface area (TPSA) is 50.8 Å². The van der Waals surface area contributed by atoms with Gasteiger partial charge in [0.15, 0.2) is 0 Å². The van der Waals surface area contributed by atoms with E-state index in [1.807, 2.05) is 24.3 Å². The molecule has 5 nitrogen and oxygen atoms in total. The van der Waals surface area contributed by atoms with Gasteiger partial charge in [-0.15, -0.1) is 0 Å². The third-order valence-corrected chi connectivity index (χ3v) is 6.86. The molecule has 1 saturated heterocycles. The maximum atomic E-state index is 13.1. The van der Waals surface area contributed by atoms with Crippen LogP contribution in [0.3, 0.4) is 0 Å². The molecular formula is C26H42N2O3. The largest absolute Gasteiger partial charge is 0.494 e. The summed E-state index contributed by atoms with van der Waals surface area (Å²) in [7, 11) is 0. The monoisotopic (exact) mass is 430 g/mol. The second-order valence-electron chi connectivity index (χ2n) is 9.61. The molecule has 5 heteroatoms. The summed E-state index contributed by atoms with van der Waals surface area (Å²) in [6.07, 6.45) is 9.79. The number of nitrogens with one attached hydrogen (secondary N) is 1. The summed E-state index contributed by atoms with van der Waals surface area (Å²) in [6, 6.07) is 8.46. The SMILES string of the molecule is CCCO[C@]1(C(=O)Nc2ccc(OCCCN3CCCC[C@H]3C)cc2)CCC[C@@H](C)C1. The maximum absolute atomic E-state index is 13.1. The fourth-order valence-corrected chi connectivity index (χ4v) is 5.03. The fraction of sp³-hybridized carbons (Fsp3) is 0.731. The molecular weight excluding hydrogens is 388 g/mol. The second kappa shape index (κ2) is 11.9. The van der Waals surface area contributed by atoms with E-state index in [-0.39, 0.29) is 5.91 Å². The molecule has 1 aromatic rings. The highest BCUT2D eigenvalue weighted by molar-refractivity contribution is 5.97. The standard InChI is InChI=1S/C26H42N2O3/c1-4-18-31-26(15-7-9-21(2)20-26)25(29)27-23-11-13-24(14-12-23)30-19-8-17-28-16-6-5-10-22(28)3/h11-14,21-22H,4-10,15-20H2,1-3H3,(H,27,29)/t21-,22-,26-/m1/s1. The summed E-state index contributed by atoms with van der Waals surface area (Å²) >= 11 is 0. The van der Waals surface area contributed by atoms with Gasteiger partial charge in [0.25, 0.3) is 5.91 Å². The molecule has 3 rings (SSSR count). The molecule has 1 heterocycles. The molecule has 1 amide bonds. The molecule has 2 aliphatic rings. The van der Waals surface area contributed by atoms with Crippen LogP contribution in [0, 0.1) is 5.92 Å². The summed E-state index contributed by atoms with van der Waals surface area (Å²) < 4.78 is 12.1. The van der Waals surface area contributed by atoms with Crippen LogP contribution in [0.1, 0.15) is 78.6 Å². The van der Waals surface area contributed by atoms with Crippen molar-refractivity contribution in [2.45, 2.75) is 90.2 Å². The van der Waals surface area contributed by atoms with Crippen molar-refractivity contribution in [3.05, 3.63) is 24.3 Å². The highest BCUT2D eigenvalue weighted by atomic mass is 16.5. The van der Waals surface area contributed by atoms with Gasteiger partial charge in [0.1, 0.15) is 11.4 Å². The first-order valence-electron chi connectivity index (χ1n) is 12.4. The predicted octanol–water partition coefficient (Wildman–Crippen LogP) is 5.64. The normalized spacial score (nSPS) is 27.1. The van der Waals surface area contributed by atoms with E-state index >= 15 is 0 Å². The Balaban J connectivity index is 1.47. The molecule has 0 bridgehead atoms. The van der Waals surface area contributed by atoms with Gasteiger partial charge in [0, 0.05) is 24.9 Å². The van der Waals surface area contributed by atoms with Crippen molar-refractivity contribution in [3.8, 4) is 5.75 Å². The highest BCUT2D eigenvalue weighted by Crippen LogP contribution is 2.36. The van der Waals surface area contributed by atoms with E-state index < -0.39 is 5.60 Å². The van der Waals surface area contributed by atoms with Gasteiger partial charge in [0.05, 0.1) is 6.61 Å². The maximum Gasteiger partial charge on any atom is 0.256 e. The number of carbonyl (C=O) groups is 1. The van der Waals surface area contributed by atoms with Gasteiger partial charge >= 0.3 is 0 Å². The van der Waals surface area contributed by atoms with Gasteiger partial charge in [-0.2, -0.15) is 0 Å². The van der Waals surface area contributed by atoms with Gasteiger partial charge in [0.2, 0.25) is 0 Å². The number of carbonyl (C=O) groups excluding carboxylic acids is 1. The van der Waals surface area contributed by atoms with Crippen LogP contribution in [0.15, 0.2) is 24.3 Å². The molecule has 0 radical (unpaired) electrons. The minimum absolute atomic E-state index is 0.00294. The Labute approximate surface area is 188 Å². The molecule has 0 aromatic heterocycles. The number of likely N-dealkylation sites (tertiary alicyclic amines) is 1. The average molecular weight is 431 g/mol. The number of piperidine rings is 1. The zero-order valence-corrected chi connectivity index (χ0v) is 19.8. The number of ether oxygens (including phenoxy) is 2. The van der Waals surface area contributed by atoms with Crippen molar-refractivity contribution in [1.29, 1.82) is 0 Å². The molecule has 0 unspecified atom stereocenters. The van der Waals surface area contributed by atoms with E-state index in [0.717, 1.165) is 56.7 Å². The molecule has 1 aliphatic carbocycles. The van der Waals surface area contributed by atoms with Crippen molar-refractivity contribution in [2.24, 2.45) is 5.92 Å². The smallest absolute Gasteiger partial charge is 0.256 e. The zero-order chi connectivity index (χ0) is 22.1. The molecule has 2 fully saturated rings. The van der Waals surface area contributed by atoms with E-state index in [1.54, 1.807) is 0 Å². The first-order valence-corrected chi connectivity index (χ1v) is 12.4. The summed E-state index contributed by atoms with van der Waals surface area (Å²) in [5.41, 5.74) is 0.117. The van der Waals surface area contributed by atoms with Crippen LogP contribution in [-0.2, 0) is 9.53 Å². The van der Waals surface area contributed by atoms with Crippen molar-refractivity contribution in [1.82, 2.24) is 4.90 Å². The lowest BCUT2D eigenvalue weighted by Gasteiger charge is -2.38. The lowest BCUT2D eigenvalue weighted by atomic mass is 9.78. The molecule has 3 atom stereocenters. The van der Waals surface area contributed by atoms with Crippen molar-refractivity contribution >= 4 is 11.6 Å². The Hall–Kier alpha value is -1.59. The summed E-state index contributed by atoms with van der Waals surface area (Å²) in [4.78, 5) is 15.7. The van der Waals surface area contributed by atoms with E-state index in [1.165, 1.54) is 32.2 Å². The van der Waals surface area contributed by atoms with Crippen LogP contribution in [0.2, 0.25) is 0 Å². The van der Waals surface area contributed by atoms with Crippen LogP contribution in [0.5, 0.6) is 5.75 Å². The first-order chi connectivity index (χ1) is 15.0. The molecule has 1 aliphatic heterocycles. The van der Waals surface area contributed by atoms with Gasteiger partial charge in [-0.1, -0.05) is 26.7 Å².